The molecule has 2 aromatic heterocycles. The molecule has 0 amide bonds. The van der Waals surface area contributed by atoms with Gasteiger partial charge < -0.3 is 15.0 Å². The Morgan fingerprint density at radius 3 is 2.64 bits per heavy atom. The lowest BCUT2D eigenvalue weighted by molar-refractivity contribution is 0.112. The molecule has 36 heavy (non-hydrogen) atoms. The van der Waals surface area contributed by atoms with Crippen LogP contribution in [0.4, 0.5) is 0 Å². The highest BCUT2D eigenvalue weighted by Gasteiger charge is 2.20. The van der Waals surface area contributed by atoms with E-state index in [1.165, 1.54) is 5.56 Å². The molecule has 0 bridgehead atoms. The third kappa shape index (κ3) is 4.57. The highest BCUT2D eigenvalue weighted by Crippen LogP contribution is 2.33. The van der Waals surface area contributed by atoms with Gasteiger partial charge in [0.1, 0.15) is 11.3 Å². The van der Waals surface area contributed by atoms with Crippen molar-refractivity contribution in [2.24, 2.45) is 16.7 Å². The van der Waals surface area contributed by atoms with Crippen LogP contribution in [0.15, 0.2) is 53.6 Å². The molecule has 2 aromatic carbocycles. The monoisotopic (exact) mass is 483 g/mol. The van der Waals surface area contributed by atoms with Crippen LogP contribution >= 0.6 is 0 Å². The molecule has 1 atom stereocenters. The third-order valence-corrected chi connectivity index (χ3v) is 6.83. The van der Waals surface area contributed by atoms with E-state index in [1.807, 2.05) is 13.0 Å². The fourth-order valence-electron chi connectivity index (χ4n) is 5.05. The minimum atomic E-state index is 0.115. The van der Waals surface area contributed by atoms with Crippen molar-refractivity contribution in [3.05, 3.63) is 82.3 Å². The largest absolute Gasteiger partial charge is 0.382 e. The maximum Gasteiger partial charge on any atom is 0.160 e. The van der Waals surface area contributed by atoms with Crippen LogP contribution < -0.4 is 17.1 Å². The number of fused-ring (bicyclic) bond motifs is 1. The van der Waals surface area contributed by atoms with Crippen LogP contribution in [0, 0.1) is 13.8 Å². The predicted molar refractivity (Wildman–Crippen MR) is 143 cm³/mol. The van der Waals surface area contributed by atoms with E-state index in [4.69, 9.17) is 26.3 Å². The highest BCUT2D eigenvalue weighted by atomic mass is 16.5. The lowest BCUT2D eigenvalue weighted by Crippen LogP contribution is -2.23. The predicted octanol–water partition coefficient (Wildman–Crippen LogP) is 4.26. The standard InChI is InChI=1S/C28H33N7O/c1-4-25-32-26-17(2)14-18(3)31-28(26)35(25)16-19-7-9-20(10-8-19)23-15-21(24-6-5-13-36-24)11-12-22(23)27(29)33-34-30/h7-12,14-15,24,34H,4-6,13,16,30H2,1-3H3,(H2,29,33). The van der Waals surface area contributed by atoms with Crippen molar-refractivity contribution in [1.82, 2.24) is 20.1 Å². The van der Waals surface area contributed by atoms with Crippen molar-refractivity contribution in [2.75, 3.05) is 6.61 Å². The Bertz CT molecular complexity index is 1420. The quantitative estimate of drug-likeness (QED) is 0.157. The van der Waals surface area contributed by atoms with Crippen LogP contribution in [0.25, 0.3) is 22.3 Å². The van der Waals surface area contributed by atoms with Gasteiger partial charge in [0.15, 0.2) is 11.5 Å². The molecule has 0 spiro atoms. The third-order valence-electron chi connectivity index (χ3n) is 6.83. The second kappa shape index (κ2) is 10.1. The van der Waals surface area contributed by atoms with Crippen LogP contribution in [0.5, 0.6) is 0 Å². The van der Waals surface area contributed by atoms with Gasteiger partial charge in [0.05, 0.1) is 12.6 Å². The lowest BCUT2D eigenvalue weighted by atomic mass is 9.93. The van der Waals surface area contributed by atoms with Gasteiger partial charge in [0, 0.05) is 24.3 Å². The first-order valence-electron chi connectivity index (χ1n) is 12.5. The van der Waals surface area contributed by atoms with E-state index >= 15 is 0 Å². The van der Waals surface area contributed by atoms with E-state index in [1.54, 1.807) is 0 Å². The number of aryl methyl sites for hydroxylation is 3. The number of benzene rings is 2. The lowest BCUT2D eigenvalue weighted by Gasteiger charge is -2.16. The summed E-state index contributed by atoms with van der Waals surface area (Å²) in [5.74, 6) is 6.78. The van der Waals surface area contributed by atoms with Gasteiger partial charge in [-0.05, 0) is 66.6 Å². The molecule has 1 aliphatic rings. The van der Waals surface area contributed by atoms with Crippen molar-refractivity contribution in [1.29, 1.82) is 0 Å². The van der Waals surface area contributed by atoms with Crippen molar-refractivity contribution in [2.45, 2.75) is 52.7 Å². The van der Waals surface area contributed by atoms with Crippen LogP contribution in [-0.2, 0) is 17.7 Å². The fourth-order valence-corrected chi connectivity index (χ4v) is 5.05. The molecule has 0 radical (unpaired) electrons. The van der Waals surface area contributed by atoms with E-state index in [0.717, 1.165) is 76.4 Å². The molecule has 5 N–H and O–H groups in total. The minimum Gasteiger partial charge on any atom is -0.382 e. The normalized spacial score (nSPS) is 16.1. The summed E-state index contributed by atoms with van der Waals surface area (Å²) in [6.07, 6.45) is 3.06. The number of hydrazone groups is 1. The number of nitrogens with one attached hydrogen (secondary N) is 1. The van der Waals surface area contributed by atoms with E-state index in [-0.39, 0.29) is 6.10 Å². The molecule has 186 valence electrons. The smallest absolute Gasteiger partial charge is 0.160 e. The summed E-state index contributed by atoms with van der Waals surface area (Å²) >= 11 is 0. The fraction of sp³-hybridized carbons (Fsp3) is 0.321. The topological polar surface area (TPSA) is 116 Å². The van der Waals surface area contributed by atoms with Gasteiger partial charge in [0.2, 0.25) is 0 Å². The Balaban J connectivity index is 1.51. The molecular weight excluding hydrogens is 450 g/mol. The zero-order valence-corrected chi connectivity index (χ0v) is 21.1. The Labute approximate surface area is 211 Å². The van der Waals surface area contributed by atoms with Gasteiger partial charge in [-0.3, -0.25) is 0 Å². The molecule has 1 saturated heterocycles. The minimum absolute atomic E-state index is 0.115. The number of aromatic nitrogens is 3. The van der Waals surface area contributed by atoms with Crippen molar-refractivity contribution in [3.8, 4) is 11.1 Å². The number of hydrazine groups is 1. The maximum absolute atomic E-state index is 6.24. The van der Waals surface area contributed by atoms with Gasteiger partial charge in [0.25, 0.3) is 0 Å². The van der Waals surface area contributed by atoms with Gasteiger partial charge in [-0.25, -0.2) is 21.3 Å². The number of ether oxygens (including phenoxy) is 1. The summed E-state index contributed by atoms with van der Waals surface area (Å²) in [6.45, 7) is 7.77. The van der Waals surface area contributed by atoms with Crippen molar-refractivity contribution >= 4 is 17.0 Å². The SMILES string of the molecule is CCc1nc2c(C)cc(C)nc2n1Cc1ccc(-c2cc(C3CCCO3)ccc2/C(N)=N/NN)cc1. The Morgan fingerprint density at radius 1 is 1.14 bits per heavy atom. The molecule has 0 saturated carbocycles. The van der Waals surface area contributed by atoms with Gasteiger partial charge >= 0.3 is 0 Å². The number of amidine groups is 1. The molecule has 3 heterocycles. The maximum atomic E-state index is 6.24. The molecule has 5 rings (SSSR count). The molecule has 4 aromatic rings. The second-order valence-electron chi connectivity index (χ2n) is 9.35. The first kappa shape index (κ1) is 24.0. The first-order valence-corrected chi connectivity index (χ1v) is 12.5. The molecule has 8 nitrogen and oxygen atoms in total. The Hall–Kier alpha value is -3.75. The molecule has 1 unspecified atom stereocenters. The number of rotatable bonds is 7. The number of hydrogen-bond donors (Lipinski definition) is 3. The average molecular weight is 484 g/mol. The summed E-state index contributed by atoms with van der Waals surface area (Å²) in [4.78, 5) is 9.68. The van der Waals surface area contributed by atoms with Crippen LogP contribution in [0.2, 0.25) is 0 Å². The second-order valence-corrected chi connectivity index (χ2v) is 9.35. The summed E-state index contributed by atoms with van der Waals surface area (Å²) < 4.78 is 8.15. The summed E-state index contributed by atoms with van der Waals surface area (Å²) in [5.41, 5.74) is 17.8. The molecule has 8 heteroatoms. The molecule has 1 aliphatic heterocycles. The van der Waals surface area contributed by atoms with Crippen molar-refractivity contribution < 1.29 is 4.74 Å². The average Bonchev–Trinajstić information content (AvgIpc) is 3.53. The summed E-state index contributed by atoms with van der Waals surface area (Å²) in [5, 5.41) is 4.01. The van der Waals surface area contributed by atoms with E-state index in [0.29, 0.717) is 12.4 Å². The first-order chi connectivity index (χ1) is 17.5. The summed E-state index contributed by atoms with van der Waals surface area (Å²) in [7, 11) is 0. The molecular formula is C28H33N7O. The van der Waals surface area contributed by atoms with E-state index in [2.05, 4.69) is 71.5 Å². The van der Waals surface area contributed by atoms with Crippen LogP contribution in [-0.4, -0.2) is 27.0 Å². The number of hydrogen-bond acceptors (Lipinski definition) is 6. The number of imidazole rings is 1. The molecule has 0 aliphatic carbocycles. The number of nitrogens with zero attached hydrogens (tertiary/aromatic N) is 4. The zero-order chi connectivity index (χ0) is 25.2. The Kier molecular flexibility index (Phi) is 6.71. The van der Waals surface area contributed by atoms with Gasteiger partial charge in [-0.1, -0.05) is 43.3 Å². The zero-order valence-electron chi connectivity index (χ0n) is 21.1. The van der Waals surface area contributed by atoms with E-state index in [9.17, 15) is 0 Å². The van der Waals surface area contributed by atoms with Crippen molar-refractivity contribution in [3.63, 3.8) is 0 Å². The number of nitrogens with two attached hydrogens (primary N) is 2. The highest BCUT2D eigenvalue weighted by molar-refractivity contribution is 6.03. The number of pyridine rings is 1. The van der Waals surface area contributed by atoms with Crippen LogP contribution in [0.3, 0.4) is 0 Å². The van der Waals surface area contributed by atoms with Crippen LogP contribution in [0.1, 0.15) is 59.6 Å². The molecule has 1 fully saturated rings. The van der Waals surface area contributed by atoms with Gasteiger partial charge in [-0.2, -0.15) is 0 Å². The summed E-state index contributed by atoms with van der Waals surface area (Å²) in [6, 6.07) is 16.9. The van der Waals surface area contributed by atoms with Gasteiger partial charge in [-0.15, -0.1) is 5.10 Å². The Morgan fingerprint density at radius 2 is 1.94 bits per heavy atom. The van der Waals surface area contributed by atoms with E-state index < -0.39 is 0 Å².